The molecule has 4 heteroatoms. The summed E-state index contributed by atoms with van der Waals surface area (Å²) in [5, 5.41) is 8.91. The Balaban J connectivity index is 2.32. The number of halogens is 1. The first-order valence-corrected chi connectivity index (χ1v) is 7.30. The van der Waals surface area contributed by atoms with Gasteiger partial charge in [0.1, 0.15) is 5.75 Å². The summed E-state index contributed by atoms with van der Waals surface area (Å²) >= 11 is 3.45. The minimum atomic E-state index is -0.232. The molecule has 0 saturated carbocycles. The van der Waals surface area contributed by atoms with Crippen LogP contribution in [0.2, 0.25) is 0 Å². The lowest BCUT2D eigenvalue weighted by molar-refractivity contribution is 0.294. The molecule has 0 bridgehead atoms. The van der Waals surface area contributed by atoms with E-state index in [1.54, 1.807) is 0 Å². The van der Waals surface area contributed by atoms with Crippen LogP contribution in [-0.2, 0) is 6.54 Å². The van der Waals surface area contributed by atoms with Crippen LogP contribution in [0.3, 0.4) is 0 Å². The van der Waals surface area contributed by atoms with E-state index in [9.17, 15) is 0 Å². The van der Waals surface area contributed by atoms with Crippen LogP contribution in [0.25, 0.3) is 0 Å². The van der Waals surface area contributed by atoms with Gasteiger partial charge >= 0.3 is 0 Å². The van der Waals surface area contributed by atoms with E-state index in [0.29, 0.717) is 13.2 Å². The van der Waals surface area contributed by atoms with Crippen LogP contribution in [0.5, 0.6) is 5.75 Å². The highest BCUT2D eigenvalue weighted by Gasteiger charge is 2.15. The van der Waals surface area contributed by atoms with Crippen molar-refractivity contribution in [1.29, 1.82) is 5.26 Å². The molecule has 19 heavy (non-hydrogen) atoms. The van der Waals surface area contributed by atoms with Crippen molar-refractivity contribution >= 4 is 15.9 Å². The fourth-order valence-electron chi connectivity index (χ4n) is 1.71. The number of nitriles is 1. The van der Waals surface area contributed by atoms with Crippen LogP contribution in [-0.4, -0.2) is 6.61 Å². The maximum atomic E-state index is 8.91. The quantitative estimate of drug-likeness (QED) is 0.771. The zero-order valence-electron chi connectivity index (χ0n) is 11.6. The van der Waals surface area contributed by atoms with E-state index in [1.807, 2.05) is 32.0 Å². The molecule has 3 nitrogen and oxygen atoms in total. The van der Waals surface area contributed by atoms with Crippen molar-refractivity contribution in [2.75, 3.05) is 6.61 Å². The van der Waals surface area contributed by atoms with Crippen molar-refractivity contribution in [2.24, 2.45) is 11.1 Å². The lowest BCUT2D eigenvalue weighted by Crippen LogP contribution is -2.08. The summed E-state index contributed by atoms with van der Waals surface area (Å²) in [6.07, 6.45) is 2.86. The van der Waals surface area contributed by atoms with Crippen molar-refractivity contribution in [2.45, 2.75) is 39.7 Å². The smallest absolute Gasteiger partial charge is 0.119 e. The van der Waals surface area contributed by atoms with Crippen molar-refractivity contribution < 1.29 is 4.74 Å². The first-order chi connectivity index (χ1) is 8.98. The summed E-state index contributed by atoms with van der Waals surface area (Å²) in [5.74, 6) is 0.850. The zero-order chi connectivity index (χ0) is 14.3. The summed E-state index contributed by atoms with van der Waals surface area (Å²) in [4.78, 5) is 0. The van der Waals surface area contributed by atoms with E-state index >= 15 is 0 Å². The highest BCUT2D eigenvalue weighted by atomic mass is 79.9. The van der Waals surface area contributed by atoms with Gasteiger partial charge in [-0.3, -0.25) is 0 Å². The average molecular weight is 325 g/mol. The maximum absolute atomic E-state index is 8.91. The Labute approximate surface area is 123 Å². The van der Waals surface area contributed by atoms with Crippen molar-refractivity contribution in [3.8, 4) is 11.8 Å². The molecule has 0 atom stereocenters. The van der Waals surface area contributed by atoms with Gasteiger partial charge in [-0.15, -0.1) is 0 Å². The van der Waals surface area contributed by atoms with Crippen molar-refractivity contribution in [3.63, 3.8) is 0 Å². The van der Waals surface area contributed by atoms with Gasteiger partial charge in [0, 0.05) is 11.0 Å². The molecular formula is C15H21BrN2O. The molecule has 0 heterocycles. The minimum absolute atomic E-state index is 0.232. The molecule has 0 aliphatic heterocycles. The molecule has 0 saturated heterocycles. The Kier molecular flexibility index (Phi) is 6.33. The van der Waals surface area contributed by atoms with E-state index in [0.717, 1.165) is 35.0 Å². The standard InChI is InChI=1S/C15H21BrN2O/c1-15(2,11-18)7-3-4-8-19-13-5-6-14(16)12(9-13)10-17/h5-6,9H,3-4,7-8,10,17H2,1-2H3. The van der Waals surface area contributed by atoms with Gasteiger partial charge < -0.3 is 10.5 Å². The molecule has 104 valence electrons. The van der Waals surface area contributed by atoms with Gasteiger partial charge in [-0.05, 0) is 56.9 Å². The second kappa shape index (κ2) is 7.52. The SMILES string of the molecule is CC(C)(C#N)CCCCOc1ccc(Br)c(CN)c1. The average Bonchev–Trinajstić information content (AvgIpc) is 2.40. The number of unbranched alkanes of at least 4 members (excludes halogenated alkanes) is 1. The molecular weight excluding hydrogens is 304 g/mol. The molecule has 0 aliphatic rings. The normalized spacial score (nSPS) is 11.1. The van der Waals surface area contributed by atoms with Gasteiger partial charge in [-0.1, -0.05) is 15.9 Å². The molecule has 1 aromatic rings. The summed E-state index contributed by atoms with van der Waals surface area (Å²) in [7, 11) is 0. The number of ether oxygens (including phenoxy) is 1. The Morgan fingerprint density at radius 3 is 2.74 bits per heavy atom. The molecule has 1 rings (SSSR count). The van der Waals surface area contributed by atoms with E-state index < -0.39 is 0 Å². The van der Waals surface area contributed by atoms with E-state index in [1.165, 1.54) is 0 Å². The molecule has 0 amide bonds. The van der Waals surface area contributed by atoms with Gasteiger partial charge in [0.15, 0.2) is 0 Å². The van der Waals surface area contributed by atoms with Crippen LogP contribution >= 0.6 is 15.9 Å². The lowest BCUT2D eigenvalue weighted by Gasteiger charge is -2.14. The van der Waals surface area contributed by atoms with E-state index in [4.69, 9.17) is 15.7 Å². The van der Waals surface area contributed by atoms with Crippen LogP contribution < -0.4 is 10.5 Å². The second-order valence-electron chi connectivity index (χ2n) is 5.26. The maximum Gasteiger partial charge on any atom is 0.119 e. The lowest BCUT2D eigenvalue weighted by atomic mass is 9.89. The molecule has 0 aliphatic carbocycles. The number of nitrogens with zero attached hydrogens (tertiary/aromatic N) is 1. The predicted octanol–water partition coefficient (Wildman–Crippen LogP) is 4.01. The van der Waals surface area contributed by atoms with Gasteiger partial charge in [0.2, 0.25) is 0 Å². The molecule has 0 spiro atoms. The Morgan fingerprint density at radius 1 is 1.37 bits per heavy atom. The second-order valence-corrected chi connectivity index (χ2v) is 6.11. The Hall–Kier alpha value is -1.05. The van der Waals surface area contributed by atoms with Crippen molar-refractivity contribution in [3.05, 3.63) is 28.2 Å². The molecule has 0 fully saturated rings. The van der Waals surface area contributed by atoms with Crippen LogP contribution in [0, 0.1) is 16.7 Å². The van der Waals surface area contributed by atoms with Crippen molar-refractivity contribution in [1.82, 2.24) is 0 Å². The summed E-state index contributed by atoms with van der Waals surface area (Å²) < 4.78 is 6.70. The van der Waals surface area contributed by atoms with Crippen LogP contribution in [0.1, 0.15) is 38.7 Å². The Bertz CT molecular complexity index is 452. The zero-order valence-corrected chi connectivity index (χ0v) is 13.2. The fraction of sp³-hybridized carbons (Fsp3) is 0.533. The summed E-state index contributed by atoms with van der Waals surface area (Å²) in [6.45, 7) is 5.10. The molecule has 0 unspecified atom stereocenters. The monoisotopic (exact) mass is 324 g/mol. The third-order valence-electron chi connectivity index (χ3n) is 3.00. The van der Waals surface area contributed by atoms with E-state index in [-0.39, 0.29) is 5.41 Å². The summed E-state index contributed by atoms with van der Waals surface area (Å²) in [5.41, 5.74) is 6.46. The van der Waals surface area contributed by atoms with Gasteiger partial charge in [-0.2, -0.15) is 5.26 Å². The van der Waals surface area contributed by atoms with Crippen LogP contribution in [0.4, 0.5) is 0 Å². The third-order valence-corrected chi connectivity index (χ3v) is 3.78. The van der Waals surface area contributed by atoms with Crippen LogP contribution in [0.15, 0.2) is 22.7 Å². The molecule has 2 N–H and O–H groups in total. The number of nitrogens with two attached hydrogens (primary N) is 1. The molecule has 1 aromatic carbocycles. The highest BCUT2D eigenvalue weighted by Crippen LogP contribution is 2.23. The number of hydrogen-bond donors (Lipinski definition) is 1. The van der Waals surface area contributed by atoms with Gasteiger partial charge in [0.25, 0.3) is 0 Å². The van der Waals surface area contributed by atoms with Gasteiger partial charge in [0.05, 0.1) is 18.1 Å². The molecule has 0 radical (unpaired) electrons. The largest absolute Gasteiger partial charge is 0.494 e. The number of benzene rings is 1. The van der Waals surface area contributed by atoms with E-state index in [2.05, 4.69) is 22.0 Å². The predicted molar refractivity (Wildman–Crippen MR) is 80.8 cm³/mol. The molecule has 0 aromatic heterocycles. The number of hydrogen-bond acceptors (Lipinski definition) is 3. The minimum Gasteiger partial charge on any atom is -0.494 e. The Morgan fingerprint density at radius 2 is 2.11 bits per heavy atom. The topological polar surface area (TPSA) is 59.0 Å². The third kappa shape index (κ3) is 5.63. The van der Waals surface area contributed by atoms with Gasteiger partial charge in [-0.25, -0.2) is 0 Å². The first kappa shape index (κ1) is 16.0. The summed E-state index contributed by atoms with van der Waals surface area (Å²) in [6, 6.07) is 8.16. The first-order valence-electron chi connectivity index (χ1n) is 6.51. The number of rotatable bonds is 7. The highest BCUT2D eigenvalue weighted by molar-refractivity contribution is 9.10. The fourth-order valence-corrected chi connectivity index (χ4v) is 2.12.